The van der Waals surface area contributed by atoms with Crippen LogP contribution in [-0.2, 0) is 6.42 Å². The molecule has 1 aromatic rings. The zero-order valence-electron chi connectivity index (χ0n) is 18.5. The van der Waals surface area contributed by atoms with Gasteiger partial charge in [-0.1, -0.05) is 95.1 Å². The second kappa shape index (κ2) is 20.5. The first-order valence-corrected chi connectivity index (χ1v) is 11.2. The molecule has 0 unspecified atom stereocenters. The van der Waals surface area contributed by atoms with E-state index in [1.807, 2.05) is 6.07 Å². The first-order chi connectivity index (χ1) is 12.9. The molecule has 1 rings (SSSR count). The van der Waals surface area contributed by atoms with Gasteiger partial charge in [0.2, 0.25) is 0 Å². The summed E-state index contributed by atoms with van der Waals surface area (Å²) in [5.74, 6) is 1.04. The first kappa shape index (κ1) is 26.8. The largest absolute Gasteiger partial charge is 0.496 e. The number of methoxy groups -OCH3 is 1. The van der Waals surface area contributed by atoms with Crippen LogP contribution in [0.4, 0.5) is 0 Å². The van der Waals surface area contributed by atoms with Crippen LogP contribution in [0.1, 0.15) is 102 Å². The van der Waals surface area contributed by atoms with E-state index in [4.69, 9.17) is 4.74 Å². The average molecular weight is 382 g/mol. The van der Waals surface area contributed by atoms with Crippen molar-refractivity contribution in [3.8, 4) is 5.75 Å². The normalized spacial score (nSPS) is 10.9. The summed E-state index contributed by atoms with van der Waals surface area (Å²) < 4.78 is 5.42. The van der Waals surface area contributed by atoms with Gasteiger partial charge < -0.3 is 4.74 Å². The Bertz CT molecular complexity index is 455. The molecule has 1 radical (unpaired) electrons. The molecule has 1 aromatic carbocycles. The van der Waals surface area contributed by atoms with E-state index in [1.54, 1.807) is 7.11 Å². The predicted octanol–water partition coefficient (Wildman–Crippen LogP) is 7.89. The van der Waals surface area contributed by atoms with Crippen LogP contribution in [0, 0.1) is 0 Å². The molecular weight excluding hydrogens is 339 g/mol. The van der Waals surface area contributed by atoms with Crippen LogP contribution in [0.5, 0.6) is 5.75 Å². The average Bonchev–Trinajstić information content (AvgIpc) is 2.68. The van der Waals surface area contributed by atoms with Crippen LogP contribution in [0.3, 0.4) is 0 Å². The number of benzene rings is 1. The SMILES string of the molecule is CCCCCCCC/C=C\CCCCCCCCc1ccccc1OC.[Na]. The maximum atomic E-state index is 5.42. The van der Waals surface area contributed by atoms with E-state index in [1.165, 1.54) is 95.5 Å². The van der Waals surface area contributed by atoms with E-state index >= 15 is 0 Å². The van der Waals surface area contributed by atoms with E-state index < -0.39 is 0 Å². The first-order valence-electron chi connectivity index (χ1n) is 11.2. The van der Waals surface area contributed by atoms with Gasteiger partial charge >= 0.3 is 0 Å². The minimum absolute atomic E-state index is 0. The quantitative estimate of drug-likeness (QED) is 0.151. The summed E-state index contributed by atoms with van der Waals surface area (Å²) in [7, 11) is 1.76. The maximum absolute atomic E-state index is 5.42. The van der Waals surface area contributed by atoms with Gasteiger partial charge in [-0.05, 0) is 50.2 Å². The van der Waals surface area contributed by atoms with Crippen LogP contribution in [0.25, 0.3) is 0 Å². The van der Waals surface area contributed by atoms with E-state index in [2.05, 4.69) is 37.3 Å². The molecule has 0 N–H and O–H groups in total. The fourth-order valence-corrected chi connectivity index (χ4v) is 3.47. The Morgan fingerprint density at radius 1 is 0.704 bits per heavy atom. The zero-order chi connectivity index (χ0) is 18.7. The fourth-order valence-electron chi connectivity index (χ4n) is 3.47. The molecule has 149 valence electrons. The molecule has 0 aromatic heterocycles. The van der Waals surface area contributed by atoms with Crippen molar-refractivity contribution in [2.75, 3.05) is 7.11 Å². The van der Waals surface area contributed by atoms with Crippen LogP contribution in [0.2, 0.25) is 0 Å². The number of unbranched alkanes of at least 4 members (excludes halogenated alkanes) is 12. The Balaban J connectivity index is 0.00000676. The maximum Gasteiger partial charge on any atom is 0.122 e. The molecule has 1 nitrogen and oxygen atoms in total. The number of para-hydroxylation sites is 1. The number of hydrogen-bond acceptors (Lipinski definition) is 1. The van der Waals surface area contributed by atoms with E-state index in [0.717, 1.165) is 12.2 Å². The van der Waals surface area contributed by atoms with Crippen molar-refractivity contribution in [1.82, 2.24) is 0 Å². The molecule has 0 saturated carbocycles. The summed E-state index contributed by atoms with van der Waals surface area (Å²) in [5.41, 5.74) is 1.35. The summed E-state index contributed by atoms with van der Waals surface area (Å²) in [6, 6.07) is 8.41. The number of hydrogen-bond donors (Lipinski definition) is 0. The monoisotopic (exact) mass is 381 g/mol. The summed E-state index contributed by atoms with van der Waals surface area (Å²) >= 11 is 0. The zero-order valence-corrected chi connectivity index (χ0v) is 20.5. The third-order valence-electron chi connectivity index (χ3n) is 5.15. The van der Waals surface area contributed by atoms with E-state index in [-0.39, 0.29) is 29.6 Å². The molecule has 0 saturated heterocycles. The number of rotatable bonds is 17. The van der Waals surface area contributed by atoms with Gasteiger partial charge in [0, 0.05) is 29.6 Å². The Labute approximate surface area is 191 Å². The molecule has 0 aliphatic carbocycles. The second-order valence-electron chi connectivity index (χ2n) is 7.50. The number of aryl methyl sites for hydroxylation is 1. The number of allylic oxidation sites excluding steroid dienone is 2. The van der Waals surface area contributed by atoms with Crippen molar-refractivity contribution in [2.24, 2.45) is 0 Å². The van der Waals surface area contributed by atoms with Gasteiger partial charge in [0.1, 0.15) is 5.75 Å². The van der Waals surface area contributed by atoms with Crippen molar-refractivity contribution in [3.63, 3.8) is 0 Å². The standard InChI is InChI=1S/C25H42O.Na/c1-3-4-5-6-7-8-9-10-11-12-13-14-15-16-17-18-21-24-22-19-20-23-25(24)26-2;/h10-11,19-20,22-23H,3-9,12-18,21H2,1-2H3;/b11-10-;. The van der Waals surface area contributed by atoms with Crippen molar-refractivity contribution in [1.29, 1.82) is 0 Å². The molecule has 2 heteroatoms. The third kappa shape index (κ3) is 15.4. The summed E-state index contributed by atoms with van der Waals surface area (Å²) in [6.45, 7) is 2.28. The fraction of sp³-hybridized carbons (Fsp3) is 0.680. The Kier molecular flexibility index (Phi) is 20.3. The van der Waals surface area contributed by atoms with Gasteiger partial charge in [-0.3, -0.25) is 0 Å². The van der Waals surface area contributed by atoms with Crippen molar-refractivity contribution in [2.45, 2.75) is 103 Å². The molecule has 27 heavy (non-hydrogen) atoms. The van der Waals surface area contributed by atoms with Crippen molar-refractivity contribution < 1.29 is 4.74 Å². The van der Waals surface area contributed by atoms with Crippen LogP contribution in [0.15, 0.2) is 36.4 Å². The Morgan fingerprint density at radius 2 is 1.22 bits per heavy atom. The van der Waals surface area contributed by atoms with Gasteiger partial charge in [0.25, 0.3) is 0 Å². The predicted molar refractivity (Wildman–Crippen MR) is 122 cm³/mol. The van der Waals surface area contributed by atoms with E-state index in [9.17, 15) is 0 Å². The van der Waals surface area contributed by atoms with Gasteiger partial charge in [-0.2, -0.15) is 0 Å². The van der Waals surface area contributed by atoms with E-state index in [0.29, 0.717) is 0 Å². The molecule has 0 amide bonds. The van der Waals surface area contributed by atoms with Crippen LogP contribution in [-0.4, -0.2) is 36.7 Å². The molecule has 0 aliphatic rings. The minimum atomic E-state index is 0. The molecule has 0 atom stereocenters. The summed E-state index contributed by atoms with van der Waals surface area (Å²) in [5, 5.41) is 0. The summed E-state index contributed by atoms with van der Waals surface area (Å²) in [4.78, 5) is 0. The molecule has 0 bridgehead atoms. The van der Waals surface area contributed by atoms with Crippen molar-refractivity contribution >= 4 is 29.6 Å². The number of ether oxygens (including phenoxy) is 1. The molecule has 0 aliphatic heterocycles. The second-order valence-corrected chi connectivity index (χ2v) is 7.50. The molecule has 0 spiro atoms. The van der Waals surface area contributed by atoms with Gasteiger partial charge in [-0.25, -0.2) is 0 Å². The molecule has 0 heterocycles. The van der Waals surface area contributed by atoms with Gasteiger partial charge in [0.15, 0.2) is 0 Å². The van der Waals surface area contributed by atoms with Gasteiger partial charge in [0.05, 0.1) is 7.11 Å². The minimum Gasteiger partial charge on any atom is -0.496 e. The smallest absolute Gasteiger partial charge is 0.122 e. The van der Waals surface area contributed by atoms with Crippen LogP contribution < -0.4 is 4.74 Å². The Morgan fingerprint density at radius 3 is 1.81 bits per heavy atom. The molecular formula is C25H42NaO. The van der Waals surface area contributed by atoms with Gasteiger partial charge in [-0.15, -0.1) is 0 Å². The van der Waals surface area contributed by atoms with Crippen molar-refractivity contribution in [3.05, 3.63) is 42.0 Å². The summed E-state index contributed by atoms with van der Waals surface area (Å²) in [6.07, 6.45) is 25.1. The topological polar surface area (TPSA) is 9.23 Å². The molecule has 0 fully saturated rings. The third-order valence-corrected chi connectivity index (χ3v) is 5.15. The van der Waals surface area contributed by atoms with Crippen LogP contribution >= 0.6 is 0 Å². The Hall–Kier alpha value is -0.240.